The first-order valence-corrected chi connectivity index (χ1v) is 12.3. The summed E-state index contributed by atoms with van der Waals surface area (Å²) in [6, 6.07) is 12.1. The molecule has 0 atom stereocenters. The summed E-state index contributed by atoms with van der Waals surface area (Å²) in [4.78, 5) is 30.2. The molecule has 7 heterocycles. The smallest absolute Gasteiger partial charge is 0.657 e. The molecule has 8 bridgehead atoms. The Hall–Kier alpha value is -3.62. The summed E-state index contributed by atoms with van der Waals surface area (Å²) in [6.07, 6.45) is 11.8. The maximum Gasteiger partial charge on any atom is 3.00 e. The van der Waals surface area contributed by atoms with Gasteiger partial charge in [-0.15, -0.1) is 44.7 Å². The first-order valence-electron chi connectivity index (χ1n) is 10.6. The Morgan fingerprint density at radius 2 is 1.09 bits per heavy atom. The van der Waals surface area contributed by atoms with E-state index in [9.17, 15) is 0 Å². The third-order valence-corrected chi connectivity index (χ3v) is 7.20. The van der Waals surface area contributed by atoms with E-state index in [0.717, 1.165) is 65.7 Å². The number of thiazole rings is 2. The fraction of sp³-hybridized carbons (Fsp3) is 0. The summed E-state index contributed by atoms with van der Waals surface area (Å²) in [5.74, 6) is 0. The van der Waals surface area contributed by atoms with Crippen molar-refractivity contribution in [3.8, 4) is 20.9 Å². The van der Waals surface area contributed by atoms with E-state index in [1.165, 1.54) is 0 Å². The van der Waals surface area contributed by atoms with Crippen LogP contribution in [0.15, 0.2) is 59.8 Å². The monoisotopic (exact) mass is 529 g/mol. The van der Waals surface area contributed by atoms with Crippen molar-refractivity contribution in [2.45, 2.75) is 0 Å². The summed E-state index contributed by atoms with van der Waals surface area (Å²) >= 11 is 3.16. The Kier molecular flexibility index (Phi) is 5.54. The second-order valence-corrected chi connectivity index (χ2v) is 9.56. The van der Waals surface area contributed by atoms with Gasteiger partial charge in [-0.25, -0.2) is 9.97 Å². The van der Waals surface area contributed by atoms with Crippen molar-refractivity contribution >= 4 is 69.0 Å². The molecular weight excluding hydrogens is 515 g/mol. The van der Waals surface area contributed by atoms with Gasteiger partial charge in [-0.05, 0) is 24.3 Å². The van der Waals surface area contributed by atoms with E-state index in [1.807, 2.05) is 84.1 Å². The van der Waals surface area contributed by atoms with E-state index in [-0.39, 0.29) is 17.1 Å². The first-order chi connectivity index (χ1) is 16.8. The van der Waals surface area contributed by atoms with Gasteiger partial charge < -0.3 is 9.97 Å². The van der Waals surface area contributed by atoms with E-state index < -0.39 is 0 Å². The standard InChI is InChI=1S/C26H14N6S2.Mn/c1-5-19-25(23-11-27-13-33-23)20-7-3-17(31-20)10-18-4-8-22(32-18)26(24-12-28-14-34-24)21-6-2-16(30-21)9-15(1)29-19;/h1-14H;/q-2;+3. The van der Waals surface area contributed by atoms with Gasteiger partial charge in [0.15, 0.2) is 0 Å². The quantitative estimate of drug-likeness (QED) is 0.250. The van der Waals surface area contributed by atoms with Gasteiger partial charge >= 0.3 is 17.1 Å². The maximum absolute atomic E-state index is 4.89. The van der Waals surface area contributed by atoms with E-state index in [4.69, 9.17) is 19.9 Å². The fourth-order valence-corrected chi connectivity index (χ4v) is 5.51. The number of hydrogen-bond acceptors (Lipinski definition) is 6. The molecule has 0 saturated carbocycles. The van der Waals surface area contributed by atoms with Gasteiger partial charge in [-0.1, -0.05) is 36.4 Å². The predicted octanol–water partition coefficient (Wildman–Crippen LogP) is 6.16. The molecule has 0 aromatic carbocycles. The average molecular weight is 530 g/mol. The molecule has 5 aromatic heterocycles. The Morgan fingerprint density at radius 1 is 0.600 bits per heavy atom. The molecule has 0 spiro atoms. The van der Waals surface area contributed by atoms with Crippen LogP contribution < -0.4 is 9.97 Å². The molecule has 2 aliphatic heterocycles. The third-order valence-electron chi connectivity index (χ3n) is 5.62. The van der Waals surface area contributed by atoms with Gasteiger partial charge in [0.2, 0.25) is 0 Å². The second kappa shape index (κ2) is 8.87. The van der Waals surface area contributed by atoms with E-state index in [2.05, 4.69) is 9.97 Å². The Labute approximate surface area is 218 Å². The molecule has 0 fully saturated rings. The number of aromatic nitrogens is 6. The normalized spacial score (nSPS) is 12.1. The van der Waals surface area contributed by atoms with Crippen LogP contribution in [-0.2, 0) is 17.1 Å². The van der Waals surface area contributed by atoms with Gasteiger partial charge in [-0.3, -0.25) is 9.97 Å². The summed E-state index contributed by atoms with van der Waals surface area (Å²) in [5, 5.41) is 0. The Morgan fingerprint density at radius 3 is 1.51 bits per heavy atom. The van der Waals surface area contributed by atoms with Gasteiger partial charge in [-0.2, -0.15) is 0 Å². The van der Waals surface area contributed by atoms with E-state index in [0.29, 0.717) is 0 Å². The average Bonchev–Trinajstić information content (AvgIpc) is 3.67. The molecular formula is C26H14MnN6S2+. The SMILES string of the molecule is C1=Cc2nc1cc1ccc([n-]1)c(-c1cncs1)c1nc(cc3ccc([n-]3)c2-c2cncs2)C=C1.[Mn+3]. The predicted molar refractivity (Wildman–Crippen MR) is 139 cm³/mol. The van der Waals surface area contributed by atoms with Crippen molar-refractivity contribution in [2.75, 3.05) is 0 Å². The summed E-state index contributed by atoms with van der Waals surface area (Å²) < 4.78 is 0. The summed E-state index contributed by atoms with van der Waals surface area (Å²) in [5.41, 5.74) is 12.5. The van der Waals surface area contributed by atoms with Crippen LogP contribution in [0.4, 0.5) is 0 Å². The minimum Gasteiger partial charge on any atom is -0.657 e. The zero-order valence-corrected chi connectivity index (χ0v) is 20.8. The van der Waals surface area contributed by atoms with Gasteiger partial charge in [0.1, 0.15) is 0 Å². The largest absolute Gasteiger partial charge is 3.00 e. The minimum absolute atomic E-state index is 0. The van der Waals surface area contributed by atoms with Crippen molar-refractivity contribution in [1.29, 1.82) is 0 Å². The minimum atomic E-state index is 0. The molecule has 7 rings (SSSR count). The maximum atomic E-state index is 4.89. The molecule has 5 aromatic rings. The van der Waals surface area contributed by atoms with Crippen molar-refractivity contribution in [3.05, 3.63) is 82.6 Å². The van der Waals surface area contributed by atoms with Crippen LogP contribution in [0.3, 0.4) is 0 Å². The Balaban J connectivity index is 0.00000229. The fourth-order valence-electron chi connectivity index (χ4n) is 4.14. The molecule has 0 unspecified atom stereocenters. The van der Waals surface area contributed by atoms with Crippen LogP contribution in [0.5, 0.6) is 0 Å². The van der Waals surface area contributed by atoms with Crippen molar-refractivity contribution in [2.24, 2.45) is 0 Å². The molecule has 9 heteroatoms. The van der Waals surface area contributed by atoms with E-state index in [1.54, 1.807) is 22.7 Å². The summed E-state index contributed by atoms with van der Waals surface area (Å²) in [6.45, 7) is 0. The van der Waals surface area contributed by atoms with E-state index >= 15 is 0 Å². The van der Waals surface area contributed by atoms with Crippen LogP contribution >= 0.6 is 22.7 Å². The number of hydrogen-bond donors (Lipinski definition) is 0. The molecule has 0 amide bonds. The molecule has 166 valence electrons. The molecule has 0 radical (unpaired) electrons. The molecule has 0 N–H and O–H groups in total. The molecule has 0 aliphatic carbocycles. The van der Waals surface area contributed by atoms with Crippen LogP contribution in [0.1, 0.15) is 22.8 Å². The number of nitrogens with zero attached hydrogens (tertiary/aromatic N) is 6. The molecule has 0 saturated heterocycles. The second-order valence-electron chi connectivity index (χ2n) is 7.79. The van der Waals surface area contributed by atoms with Crippen LogP contribution in [-0.4, -0.2) is 19.9 Å². The van der Waals surface area contributed by atoms with Gasteiger partial charge in [0.25, 0.3) is 0 Å². The van der Waals surface area contributed by atoms with Crippen molar-refractivity contribution in [3.63, 3.8) is 0 Å². The zero-order chi connectivity index (χ0) is 22.5. The van der Waals surface area contributed by atoms with Crippen molar-refractivity contribution in [1.82, 2.24) is 29.9 Å². The van der Waals surface area contributed by atoms with Crippen molar-refractivity contribution < 1.29 is 17.1 Å². The third kappa shape index (κ3) is 3.98. The number of rotatable bonds is 2. The molecule has 6 nitrogen and oxygen atoms in total. The Bertz CT molecular complexity index is 1630. The van der Waals surface area contributed by atoms with Gasteiger partial charge in [0.05, 0.1) is 43.6 Å². The molecule has 35 heavy (non-hydrogen) atoms. The molecule has 2 aliphatic rings. The summed E-state index contributed by atoms with van der Waals surface area (Å²) in [7, 11) is 0. The first kappa shape index (κ1) is 21.9. The van der Waals surface area contributed by atoms with Crippen LogP contribution in [0.25, 0.3) is 67.3 Å². The van der Waals surface area contributed by atoms with Gasteiger partial charge in [0, 0.05) is 23.5 Å². The van der Waals surface area contributed by atoms with Crippen LogP contribution in [0, 0.1) is 0 Å². The zero-order valence-electron chi connectivity index (χ0n) is 18.0. The number of fused-ring (bicyclic) bond motifs is 8. The topological polar surface area (TPSA) is 79.8 Å². The van der Waals surface area contributed by atoms with Crippen LogP contribution in [0.2, 0.25) is 0 Å².